The Kier molecular flexibility index (Phi) is 5.18. The molecule has 0 radical (unpaired) electrons. The van der Waals surface area contributed by atoms with Crippen LogP contribution in [-0.2, 0) is 11.2 Å². The first kappa shape index (κ1) is 18.7. The first-order valence-corrected chi connectivity index (χ1v) is 10.5. The minimum atomic E-state index is -0.256. The van der Waals surface area contributed by atoms with Crippen LogP contribution in [0.2, 0.25) is 0 Å². The number of likely N-dealkylation sites (tertiary alicyclic amines) is 1. The van der Waals surface area contributed by atoms with Crippen LogP contribution in [0.25, 0.3) is 10.1 Å². The van der Waals surface area contributed by atoms with Crippen molar-refractivity contribution in [2.24, 2.45) is 11.7 Å². The summed E-state index contributed by atoms with van der Waals surface area (Å²) in [5.41, 5.74) is 8.97. The standard InChI is InChI=1S/C23H24N2O2S/c1-15-6-8-16(9-7-15)14-19-18-4-2-3-5-20(18)28-21(19)23(27)25-12-10-17(11-13-25)22(24)26/h2-9,17H,10-14H2,1H3,(H2,24,26). The van der Waals surface area contributed by atoms with E-state index in [1.54, 1.807) is 11.3 Å². The van der Waals surface area contributed by atoms with Gasteiger partial charge >= 0.3 is 0 Å². The molecule has 1 aliphatic heterocycles. The van der Waals surface area contributed by atoms with Crippen molar-refractivity contribution >= 4 is 33.2 Å². The van der Waals surface area contributed by atoms with E-state index in [0.29, 0.717) is 25.9 Å². The summed E-state index contributed by atoms with van der Waals surface area (Å²) in [5, 5.41) is 1.16. The van der Waals surface area contributed by atoms with E-state index in [2.05, 4.69) is 43.3 Å². The van der Waals surface area contributed by atoms with Gasteiger partial charge in [-0.2, -0.15) is 0 Å². The third-order valence-corrected chi connectivity index (χ3v) is 6.78. The molecule has 4 nitrogen and oxygen atoms in total. The van der Waals surface area contributed by atoms with Crippen LogP contribution in [0, 0.1) is 12.8 Å². The Morgan fingerprint density at radius 3 is 2.43 bits per heavy atom. The second-order valence-electron chi connectivity index (χ2n) is 7.54. The summed E-state index contributed by atoms with van der Waals surface area (Å²) in [4.78, 5) is 27.4. The lowest BCUT2D eigenvalue weighted by molar-refractivity contribution is -0.123. The van der Waals surface area contributed by atoms with E-state index in [1.165, 1.54) is 11.1 Å². The number of hydrogen-bond acceptors (Lipinski definition) is 3. The maximum absolute atomic E-state index is 13.3. The van der Waals surface area contributed by atoms with E-state index >= 15 is 0 Å². The van der Waals surface area contributed by atoms with Crippen LogP contribution in [0.15, 0.2) is 48.5 Å². The molecule has 1 aliphatic rings. The summed E-state index contributed by atoms with van der Waals surface area (Å²) < 4.78 is 1.14. The molecule has 144 valence electrons. The van der Waals surface area contributed by atoms with Gasteiger partial charge < -0.3 is 10.6 Å². The third kappa shape index (κ3) is 3.67. The highest BCUT2D eigenvalue weighted by Gasteiger charge is 2.29. The number of nitrogens with zero attached hydrogens (tertiary/aromatic N) is 1. The number of carbonyl (C=O) groups is 2. The highest BCUT2D eigenvalue weighted by atomic mass is 32.1. The smallest absolute Gasteiger partial charge is 0.264 e. The fraction of sp³-hybridized carbons (Fsp3) is 0.304. The fourth-order valence-corrected chi connectivity index (χ4v) is 5.06. The second-order valence-corrected chi connectivity index (χ2v) is 8.59. The second kappa shape index (κ2) is 7.76. The van der Waals surface area contributed by atoms with E-state index in [9.17, 15) is 9.59 Å². The van der Waals surface area contributed by atoms with Gasteiger partial charge in [-0.1, -0.05) is 48.0 Å². The molecule has 0 saturated carbocycles. The molecular weight excluding hydrogens is 368 g/mol. The number of thiophene rings is 1. The molecular formula is C23H24N2O2S. The summed E-state index contributed by atoms with van der Waals surface area (Å²) in [6.07, 6.45) is 2.04. The molecule has 0 spiro atoms. The molecule has 4 rings (SSSR count). The Morgan fingerprint density at radius 1 is 1.07 bits per heavy atom. The van der Waals surface area contributed by atoms with Crippen LogP contribution in [0.1, 0.15) is 39.2 Å². The molecule has 2 aromatic carbocycles. The molecule has 2 N–H and O–H groups in total. The number of aryl methyl sites for hydroxylation is 1. The van der Waals surface area contributed by atoms with Crippen molar-refractivity contribution in [3.63, 3.8) is 0 Å². The van der Waals surface area contributed by atoms with Crippen molar-refractivity contribution in [3.8, 4) is 0 Å². The van der Waals surface area contributed by atoms with Crippen LogP contribution in [0.5, 0.6) is 0 Å². The van der Waals surface area contributed by atoms with Gasteiger partial charge in [-0.15, -0.1) is 11.3 Å². The average molecular weight is 393 g/mol. The molecule has 5 heteroatoms. The van der Waals surface area contributed by atoms with Gasteiger partial charge in [-0.3, -0.25) is 9.59 Å². The Labute approximate surface area is 169 Å². The monoisotopic (exact) mass is 392 g/mol. The van der Waals surface area contributed by atoms with E-state index in [1.807, 2.05) is 17.0 Å². The molecule has 0 aliphatic carbocycles. The Hall–Kier alpha value is -2.66. The van der Waals surface area contributed by atoms with Crippen molar-refractivity contribution in [2.75, 3.05) is 13.1 Å². The van der Waals surface area contributed by atoms with Crippen molar-refractivity contribution in [1.29, 1.82) is 0 Å². The fourth-order valence-electron chi connectivity index (χ4n) is 3.87. The molecule has 28 heavy (non-hydrogen) atoms. The minimum absolute atomic E-state index is 0.0752. The summed E-state index contributed by atoms with van der Waals surface area (Å²) in [6.45, 7) is 3.25. The largest absolute Gasteiger partial charge is 0.369 e. The SMILES string of the molecule is Cc1ccc(Cc2c(C(=O)N3CCC(C(N)=O)CC3)sc3ccccc23)cc1. The van der Waals surface area contributed by atoms with Gasteiger partial charge in [-0.05, 0) is 48.8 Å². The van der Waals surface area contributed by atoms with Crippen molar-refractivity contribution in [3.05, 3.63) is 70.1 Å². The number of carbonyl (C=O) groups excluding carboxylic acids is 2. The summed E-state index contributed by atoms with van der Waals surface area (Å²) in [7, 11) is 0. The van der Waals surface area contributed by atoms with Gasteiger partial charge in [0.05, 0.1) is 4.88 Å². The van der Waals surface area contributed by atoms with Gasteiger partial charge in [0, 0.05) is 23.7 Å². The molecule has 1 saturated heterocycles. The molecule has 3 aromatic rings. The topological polar surface area (TPSA) is 63.4 Å². The van der Waals surface area contributed by atoms with Crippen LogP contribution in [0.3, 0.4) is 0 Å². The summed E-state index contributed by atoms with van der Waals surface area (Å²) >= 11 is 1.57. The van der Waals surface area contributed by atoms with Crippen LogP contribution in [0.4, 0.5) is 0 Å². The average Bonchev–Trinajstić information content (AvgIpc) is 3.07. The quantitative estimate of drug-likeness (QED) is 0.725. The summed E-state index contributed by atoms with van der Waals surface area (Å²) in [6, 6.07) is 16.7. The van der Waals surface area contributed by atoms with E-state index in [-0.39, 0.29) is 17.7 Å². The van der Waals surface area contributed by atoms with Gasteiger partial charge in [0.2, 0.25) is 5.91 Å². The molecule has 1 fully saturated rings. The number of amides is 2. The minimum Gasteiger partial charge on any atom is -0.369 e. The van der Waals surface area contributed by atoms with E-state index < -0.39 is 0 Å². The van der Waals surface area contributed by atoms with E-state index in [4.69, 9.17) is 5.73 Å². The van der Waals surface area contributed by atoms with Gasteiger partial charge in [0.1, 0.15) is 0 Å². The molecule has 0 bridgehead atoms. The Balaban J connectivity index is 1.65. The maximum atomic E-state index is 13.3. The van der Waals surface area contributed by atoms with Crippen LogP contribution >= 0.6 is 11.3 Å². The van der Waals surface area contributed by atoms with Gasteiger partial charge in [0.25, 0.3) is 5.91 Å². The zero-order chi connectivity index (χ0) is 19.7. The highest BCUT2D eigenvalue weighted by molar-refractivity contribution is 7.21. The van der Waals surface area contributed by atoms with Gasteiger partial charge in [-0.25, -0.2) is 0 Å². The van der Waals surface area contributed by atoms with Crippen LogP contribution < -0.4 is 5.73 Å². The number of piperidine rings is 1. The van der Waals surface area contributed by atoms with Crippen molar-refractivity contribution in [2.45, 2.75) is 26.2 Å². The molecule has 2 amide bonds. The first-order chi connectivity index (χ1) is 13.5. The van der Waals surface area contributed by atoms with Crippen LogP contribution in [-0.4, -0.2) is 29.8 Å². The lowest BCUT2D eigenvalue weighted by Gasteiger charge is -2.30. The Bertz CT molecular complexity index is 1010. The number of primary amides is 1. The first-order valence-electron chi connectivity index (χ1n) is 9.67. The predicted molar refractivity (Wildman–Crippen MR) is 114 cm³/mol. The zero-order valence-electron chi connectivity index (χ0n) is 16.0. The number of hydrogen-bond donors (Lipinski definition) is 1. The number of nitrogens with two attached hydrogens (primary N) is 1. The lowest BCUT2D eigenvalue weighted by Crippen LogP contribution is -2.41. The maximum Gasteiger partial charge on any atom is 0.264 e. The van der Waals surface area contributed by atoms with Crippen molar-refractivity contribution < 1.29 is 9.59 Å². The molecule has 0 atom stereocenters. The molecule has 2 heterocycles. The zero-order valence-corrected chi connectivity index (χ0v) is 16.8. The molecule has 0 unspecified atom stereocenters. The van der Waals surface area contributed by atoms with E-state index in [0.717, 1.165) is 26.9 Å². The number of rotatable bonds is 4. The third-order valence-electron chi connectivity index (χ3n) is 5.58. The molecule has 1 aromatic heterocycles. The predicted octanol–water partition coefficient (Wildman–Crippen LogP) is 4.14. The Morgan fingerprint density at radius 2 is 1.75 bits per heavy atom. The summed E-state index contributed by atoms with van der Waals surface area (Å²) in [5.74, 6) is -0.293. The van der Waals surface area contributed by atoms with Gasteiger partial charge in [0.15, 0.2) is 0 Å². The normalized spacial score (nSPS) is 15.1. The highest BCUT2D eigenvalue weighted by Crippen LogP contribution is 2.34. The number of fused-ring (bicyclic) bond motifs is 1. The van der Waals surface area contributed by atoms with Crippen molar-refractivity contribution in [1.82, 2.24) is 4.90 Å². The lowest BCUT2D eigenvalue weighted by atomic mass is 9.95. The number of benzene rings is 2.